The van der Waals surface area contributed by atoms with E-state index in [1.165, 1.54) is 4.90 Å². The first kappa shape index (κ1) is 33.2. The van der Waals surface area contributed by atoms with Gasteiger partial charge in [-0.3, -0.25) is 19.2 Å². The average Bonchev–Trinajstić information content (AvgIpc) is 3.45. The van der Waals surface area contributed by atoms with Crippen LogP contribution in [0.5, 0.6) is 0 Å². The molecule has 1 fully saturated rings. The summed E-state index contributed by atoms with van der Waals surface area (Å²) in [7, 11) is 0. The quantitative estimate of drug-likeness (QED) is 0.299. The predicted molar refractivity (Wildman–Crippen MR) is 158 cm³/mol. The topological polar surface area (TPSA) is 185 Å². The van der Waals surface area contributed by atoms with Gasteiger partial charge < -0.3 is 31.5 Å². The molecule has 232 valence electrons. The molecule has 12 heteroatoms. The molecule has 1 heterocycles. The molecular formula is C31H41N5O7. The third-order valence-corrected chi connectivity index (χ3v) is 6.95. The first-order valence-corrected chi connectivity index (χ1v) is 14.2. The first-order chi connectivity index (χ1) is 20.3. The van der Waals surface area contributed by atoms with Crippen molar-refractivity contribution in [1.82, 2.24) is 15.1 Å². The van der Waals surface area contributed by atoms with Crippen LogP contribution in [0.2, 0.25) is 0 Å². The number of benzene rings is 2. The number of likely N-dealkylation sites (tertiary alicyclic amines) is 1. The van der Waals surface area contributed by atoms with E-state index >= 15 is 0 Å². The van der Waals surface area contributed by atoms with E-state index in [0.29, 0.717) is 28.9 Å². The Balaban J connectivity index is 1.99. The Hall–Kier alpha value is -4.29. The highest BCUT2D eigenvalue weighted by atomic mass is 16.6. The second-order valence-corrected chi connectivity index (χ2v) is 11.7. The van der Waals surface area contributed by atoms with Crippen LogP contribution < -0.4 is 16.8 Å². The minimum Gasteiger partial charge on any atom is -0.444 e. The predicted octanol–water partition coefficient (Wildman–Crippen LogP) is 1.23. The fraction of sp³-hybridized carbons (Fsp3) is 0.452. The normalized spacial score (nSPS) is 17.0. The molecule has 5 amide bonds. The Morgan fingerprint density at radius 3 is 2.16 bits per heavy atom. The lowest BCUT2D eigenvalue weighted by Gasteiger charge is -2.36. The van der Waals surface area contributed by atoms with Gasteiger partial charge in [-0.2, -0.15) is 0 Å². The van der Waals surface area contributed by atoms with Crippen LogP contribution in [0, 0.1) is 0 Å². The van der Waals surface area contributed by atoms with Crippen molar-refractivity contribution in [2.75, 3.05) is 6.54 Å². The number of aliphatic hydroxyl groups excluding tert-OH is 1. The lowest BCUT2D eigenvalue weighted by Crippen LogP contribution is -2.61. The van der Waals surface area contributed by atoms with Crippen LogP contribution in [0.25, 0.3) is 0 Å². The first-order valence-electron chi connectivity index (χ1n) is 14.2. The number of hydrogen-bond donors (Lipinski definition) is 4. The van der Waals surface area contributed by atoms with Gasteiger partial charge in [-0.25, -0.2) is 9.69 Å². The molecule has 0 radical (unpaired) electrons. The molecule has 0 unspecified atom stereocenters. The molecule has 12 nitrogen and oxygen atoms in total. The number of primary amides is 1. The molecule has 0 aliphatic carbocycles. The maximum atomic E-state index is 13.8. The number of amides is 5. The lowest BCUT2D eigenvalue weighted by molar-refractivity contribution is -0.151. The van der Waals surface area contributed by atoms with Crippen molar-refractivity contribution < 1.29 is 33.8 Å². The number of carbonyl (C=O) groups excluding carboxylic acids is 5. The Morgan fingerprint density at radius 2 is 1.60 bits per heavy atom. The highest BCUT2D eigenvalue weighted by Gasteiger charge is 2.45. The van der Waals surface area contributed by atoms with Crippen LogP contribution in [-0.2, 0) is 36.9 Å². The van der Waals surface area contributed by atoms with Gasteiger partial charge in [0.25, 0.3) is 5.91 Å². The fourth-order valence-electron chi connectivity index (χ4n) is 4.95. The number of aliphatic hydroxyl groups is 1. The van der Waals surface area contributed by atoms with Gasteiger partial charge in [0, 0.05) is 12.1 Å². The number of hydrogen-bond acceptors (Lipinski definition) is 8. The summed E-state index contributed by atoms with van der Waals surface area (Å²) < 4.78 is 5.45. The van der Waals surface area contributed by atoms with Crippen LogP contribution in [0.3, 0.4) is 0 Å². The van der Waals surface area contributed by atoms with Crippen molar-refractivity contribution in [3.63, 3.8) is 0 Å². The number of rotatable bonds is 11. The molecule has 0 bridgehead atoms. The second-order valence-electron chi connectivity index (χ2n) is 11.7. The SMILES string of the molecule is CC(C)(C)NC(=O)[C@@H]1CCCN1C(=O)[C@@H](O)[C@H](Cc1ccccc1)N(C(=O)OCc1ccccc1)C(=O)[C@@H](N)CC(N)=O. The minimum atomic E-state index is -1.95. The van der Waals surface area contributed by atoms with Crippen LogP contribution >= 0.6 is 0 Å². The average molecular weight is 596 g/mol. The van der Waals surface area contributed by atoms with Gasteiger partial charge in [0.2, 0.25) is 17.7 Å². The molecule has 2 aromatic carbocycles. The highest BCUT2D eigenvalue weighted by molar-refractivity contribution is 5.98. The summed E-state index contributed by atoms with van der Waals surface area (Å²) in [5, 5.41) is 14.5. The third-order valence-electron chi connectivity index (χ3n) is 6.95. The lowest BCUT2D eigenvalue weighted by atomic mass is 9.97. The Morgan fingerprint density at radius 1 is 1.02 bits per heavy atom. The molecular weight excluding hydrogens is 554 g/mol. The van der Waals surface area contributed by atoms with Crippen molar-refractivity contribution in [2.24, 2.45) is 11.5 Å². The Labute approximate surface area is 251 Å². The second kappa shape index (κ2) is 14.7. The number of carbonyl (C=O) groups is 5. The number of imide groups is 1. The smallest absolute Gasteiger partial charge is 0.417 e. The zero-order valence-electron chi connectivity index (χ0n) is 24.8. The van der Waals surface area contributed by atoms with E-state index in [0.717, 1.165) is 0 Å². The summed E-state index contributed by atoms with van der Waals surface area (Å²) in [6.07, 6.45) is -2.92. The number of nitrogens with zero attached hydrogens (tertiary/aromatic N) is 2. The van der Waals surface area contributed by atoms with Gasteiger partial charge >= 0.3 is 6.09 Å². The van der Waals surface area contributed by atoms with Crippen molar-refractivity contribution in [1.29, 1.82) is 0 Å². The molecule has 0 aromatic heterocycles. The highest BCUT2D eigenvalue weighted by Crippen LogP contribution is 2.24. The van der Waals surface area contributed by atoms with Gasteiger partial charge in [0.05, 0.1) is 18.5 Å². The van der Waals surface area contributed by atoms with Crippen LogP contribution in [0.1, 0.15) is 51.2 Å². The molecule has 0 spiro atoms. The molecule has 43 heavy (non-hydrogen) atoms. The summed E-state index contributed by atoms with van der Waals surface area (Å²) in [6, 6.07) is 13.5. The van der Waals surface area contributed by atoms with E-state index < -0.39 is 60.0 Å². The van der Waals surface area contributed by atoms with E-state index in [4.69, 9.17) is 16.2 Å². The summed E-state index contributed by atoms with van der Waals surface area (Å²) in [4.78, 5) is 67.5. The standard InChI is InChI=1S/C31H41N5O7/c1-31(2,3)34-27(39)23-15-10-16-35(23)29(41)26(38)24(17-20-11-6-4-7-12-20)36(28(40)22(32)18-25(33)37)30(42)43-19-21-13-8-5-9-14-21/h4-9,11-14,22-24,26,38H,10,15-19,32H2,1-3H3,(H2,33,37)(H,34,39)/t22-,23-,24-,26-/m0/s1. The largest absolute Gasteiger partial charge is 0.444 e. The van der Waals surface area contributed by atoms with Crippen molar-refractivity contribution >= 4 is 29.7 Å². The van der Waals surface area contributed by atoms with Gasteiger partial charge in [0.1, 0.15) is 12.6 Å². The number of nitrogens with one attached hydrogen (secondary N) is 1. The van der Waals surface area contributed by atoms with Gasteiger partial charge in [-0.15, -0.1) is 0 Å². The number of ether oxygens (including phenoxy) is 1. The minimum absolute atomic E-state index is 0.143. The zero-order valence-corrected chi connectivity index (χ0v) is 24.8. The Kier molecular flexibility index (Phi) is 11.4. The molecule has 1 aliphatic rings. The van der Waals surface area contributed by atoms with E-state index in [-0.39, 0.29) is 25.5 Å². The van der Waals surface area contributed by atoms with E-state index in [2.05, 4.69) is 5.32 Å². The van der Waals surface area contributed by atoms with Crippen molar-refractivity contribution in [2.45, 2.75) is 82.8 Å². The summed E-state index contributed by atoms with van der Waals surface area (Å²) in [5.74, 6) is -3.12. The summed E-state index contributed by atoms with van der Waals surface area (Å²) >= 11 is 0. The molecule has 0 saturated carbocycles. The van der Waals surface area contributed by atoms with E-state index in [1.807, 2.05) is 20.8 Å². The van der Waals surface area contributed by atoms with Crippen molar-refractivity contribution in [3.05, 3.63) is 71.8 Å². The maximum absolute atomic E-state index is 13.8. The number of nitrogens with two attached hydrogens (primary N) is 2. The molecule has 6 N–H and O–H groups in total. The molecule has 3 rings (SSSR count). The van der Waals surface area contributed by atoms with Gasteiger partial charge in [-0.1, -0.05) is 60.7 Å². The molecule has 4 atom stereocenters. The van der Waals surface area contributed by atoms with Crippen LogP contribution in [0.4, 0.5) is 4.79 Å². The monoisotopic (exact) mass is 595 g/mol. The zero-order chi connectivity index (χ0) is 31.7. The summed E-state index contributed by atoms with van der Waals surface area (Å²) in [5.41, 5.74) is 11.9. The third kappa shape index (κ3) is 9.35. The molecule has 1 aliphatic heterocycles. The van der Waals surface area contributed by atoms with Gasteiger partial charge in [-0.05, 0) is 51.2 Å². The molecule has 1 saturated heterocycles. The van der Waals surface area contributed by atoms with E-state index in [9.17, 15) is 29.1 Å². The maximum Gasteiger partial charge on any atom is 0.417 e. The van der Waals surface area contributed by atoms with Gasteiger partial charge in [0.15, 0.2) is 6.10 Å². The van der Waals surface area contributed by atoms with Crippen molar-refractivity contribution in [3.8, 4) is 0 Å². The van der Waals surface area contributed by atoms with E-state index in [1.54, 1.807) is 60.7 Å². The Bertz CT molecular complexity index is 1280. The van der Waals surface area contributed by atoms with Crippen LogP contribution in [-0.4, -0.2) is 80.9 Å². The molecule has 2 aromatic rings. The van der Waals surface area contributed by atoms with Crippen LogP contribution in [0.15, 0.2) is 60.7 Å². The fourth-order valence-corrected chi connectivity index (χ4v) is 4.95. The summed E-state index contributed by atoms with van der Waals surface area (Å²) in [6.45, 7) is 5.44.